The molecule has 3 aromatic rings. The Morgan fingerprint density at radius 1 is 1.19 bits per heavy atom. The predicted molar refractivity (Wildman–Crippen MR) is 112 cm³/mol. The Bertz CT molecular complexity index is 1190. The van der Waals surface area contributed by atoms with Crippen LogP contribution in [0.5, 0.6) is 11.6 Å². The number of ketones is 1. The summed E-state index contributed by atoms with van der Waals surface area (Å²) in [7, 11) is 1.83. The van der Waals surface area contributed by atoms with E-state index >= 15 is 0 Å². The van der Waals surface area contributed by atoms with Crippen molar-refractivity contribution in [2.75, 3.05) is 11.4 Å². The molecule has 0 saturated carbocycles. The maximum absolute atomic E-state index is 14.4. The molecule has 0 radical (unpaired) electrons. The van der Waals surface area contributed by atoms with Gasteiger partial charge in [0.15, 0.2) is 11.9 Å². The van der Waals surface area contributed by atoms with Gasteiger partial charge in [-0.2, -0.15) is 5.10 Å². The molecular weight excluding hydrogens is 415 g/mol. The van der Waals surface area contributed by atoms with Gasteiger partial charge in [-0.15, -0.1) is 0 Å². The van der Waals surface area contributed by atoms with Crippen molar-refractivity contribution in [3.05, 3.63) is 65.4 Å². The van der Waals surface area contributed by atoms with Gasteiger partial charge in [-0.05, 0) is 30.2 Å². The topological polar surface area (TPSA) is 86.5 Å². The van der Waals surface area contributed by atoms with E-state index in [1.54, 1.807) is 29.1 Å². The van der Waals surface area contributed by atoms with Crippen molar-refractivity contribution in [2.24, 2.45) is 7.05 Å². The summed E-state index contributed by atoms with van der Waals surface area (Å²) in [5.41, 5.74) is 2.14. The number of aromatic nitrogens is 3. The molecule has 1 atom stereocenters. The monoisotopic (exact) mass is 436 g/mol. The summed E-state index contributed by atoms with van der Waals surface area (Å²) in [5.74, 6) is 0.0727. The average molecular weight is 436 g/mol. The molecule has 5 rings (SSSR count). The molecule has 1 aliphatic heterocycles. The highest BCUT2D eigenvalue weighted by Gasteiger charge is 2.36. The van der Waals surface area contributed by atoms with Crippen LogP contribution in [0.2, 0.25) is 0 Å². The molecule has 164 valence electrons. The molecule has 1 unspecified atom stereocenters. The van der Waals surface area contributed by atoms with Crippen LogP contribution in [0, 0.1) is 5.82 Å². The highest BCUT2D eigenvalue weighted by atomic mass is 19.1. The number of aryl methyl sites for hydroxylation is 1. The standard InChI is InChI=1S/C23H21FN4O4/c1-27-12-14(10-26-27)13-31-22-5-2-16(11-25-22)32-21-6-7-28(23(21)30)15-8-18-17(19(24)9-15)3-4-20(18)29/h2,5,8-12,21H,3-4,6-7,13H2,1H3. The third kappa shape index (κ3) is 3.81. The number of fused-ring (bicyclic) bond motifs is 1. The molecule has 0 bridgehead atoms. The summed E-state index contributed by atoms with van der Waals surface area (Å²) < 4.78 is 27.6. The Kier molecular flexibility index (Phi) is 5.08. The van der Waals surface area contributed by atoms with Crippen molar-refractivity contribution in [3.63, 3.8) is 0 Å². The van der Waals surface area contributed by atoms with Crippen molar-refractivity contribution in [1.82, 2.24) is 14.8 Å². The minimum atomic E-state index is -0.703. The number of hydrogen-bond donors (Lipinski definition) is 0. The number of halogens is 1. The smallest absolute Gasteiger partial charge is 0.268 e. The molecule has 9 heteroatoms. The molecule has 32 heavy (non-hydrogen) atoms. The summed E-state index contributed by atoms with van der Waals surface area (Å²) in [6, 6.07) is 6.30. The fraction of sp³-hybridized carbons (Fsp3) is 0.304. The number of rotatable bonds is 6. The van der Waals surface area contributed by atoms with Gasteiger partial charge in [0.25, 0.3) is 5.91 Å². The first-order valence-electron chi connectivity index (χ1n) is 10.4. The van der Waals surface area contributed by atoms with E-state index in [-0.39, 0.29) is 11.7 Å². The van der Waals surface area contributed by atoms with Crippen LogP contribution in [-0.4, -0.2) is 39.1 Å². The average Bonchev–Trinajstić information content (AvgIpc) is 3.47. The molecule has 2 aromatic heterocycles. The van der Waals surface area contributed by atoms with Gasteiger partial charge in [0.05, 0.1) is 12.4 Å². The quantitative estimate of drug-likeness (QED) is 0.591. The first kappa shape index (κ1) is 20.2. The van der Waals surface area contributed by atoms with Crippen LogP contribution in [0.4, 0.5) is 10.1 Å². The van der Waals surface area contributed by atoms with E-state index < -0.39 is 11.9 Å². The largest absolute Gasteiger partial charge is 0.479 e. The fourth-order valence-electron chi connectivity index (χ4n) is 4.06. The van der Waals surface area contributed by atoms with E-state index in [0.29, 0.717) is 60.9 Å². The maximum Gasteiger partial charge on any atom is 0.268 e. The van der Waals surface area contributed by atoms with Gasteiger partial charge in [0.1, 0.15) is 18.2 Å². The van der Waals surface area contributed by atoms with Crippen LogP contribution in [0.15, 0.2) is 42.9 Å². The fourth-order valence-corrected chi connectivity index (χ4v) is 4.06. The summed E-state index contributed by atoms with van der Waals surface area (Å²) in [6.45, 7) is 0.729. The van der Waals surface area contributed by atoms with E-state index in [0.717, 1.165) is 5.56 Å². The number of ether oxygens (including phenoxy) is 2. The molecule has 1 aromatic carbocycles. The van der Waals surface area contributed by atoms with Gasteiger partial charge in [-0.1, -0.05) is 0 Å². The molecule has 1 aliphatic carbocycles. The summed E-state index contributed by atoms with van der Waals surface area (Å²) in [5, 5.41) is 4.08. The van der Waals surface area contributed by atoms with Crippen molar-refractivity contribution in [3.8, 4) is 11.6 Å². The maximum atomic E-state index is 14.4. The third-order valence-corrected chi connectivity index (χ3v) is 5.68. The zero-order chi connectivity index (χ0) is 22.2. The van der Waals surface area contributed by atoms with Crippen LogP contribution in [0.25, 0.3) is 0 Å². The number of hydrogen-bond acceptors (Lipinski definition) is 6. The van der Waals surface area contributed by atoms with Gasteiger partial charge in [0, 0.05) is 55.5 Å². The minimum absolute atomic E-state index is 0.0860. The normalized spacial score (nSPS) is 17.7. The van der Waals surface area contributed by atoms with Crippen molar-refractivity contribution in [2.45, 2.75) is 32.0 Å². The van der Waals surface area contributed by atoms with Crippen molar-refractivity contribution in [1.29, 1.82) is 0 Å². The molecule has 8 nitrogen and oxygen atoms in total. The van der Waals surface area contributed by atoms with Crippen LogP contribution < -0.4 is 14.4 Å². The SMILES string of the molecule is Cn1cc(COc2ccc(OC3CCN(c4cc(F)c5c(c4)C(=O)CC5)C3=O)cn2)cn1. The molecule has 0 spiro atoms. The molecule has 2 aliphatic rings. The van der Waals surface area contributed by atoms with Gasteiger partial charge < -0.3 is 14.4 Å². The van der Waals surface area contributed by atoms with Crippen molar-refractivity contribution >= 4 is 17.4 Å². The highest BCUT2D eigenvalue weighted by molar-refractivity contribution is 6.04. The molecule has 1 fully saturated rings. The van der Waals surface area contributed by atoms with Crippen LogP contribution in [0.1, 0.15) is 34.3 Å². The second-order valence-corrected chi connectivity index (χ2v) is 7.90. The summed E-state index contributed by atoms with van der Waals surface area (Å²) >= 11 is 0. The van der Waals surface area contributed by atoms with E-state index in [1.807, 2.05) is 13.2 Å². The number of carbonyl (C=O) groups excluding carboxylic acids is 2. The lowest BCUT2D eigenvalue weighted by Crippen LogP contribution is -2.32. The lowest BCUT2D eigenvalue weighted by Gasteiger charge is -2.18. The number of pyridine rings is 1. The second kappa shape index (κ2) is 8.07. The summed E-state index contributed by atoms with van der Waals surface area (Å²) in [4.78, 5) is 30.6. The molecule has 0 N–H and O–H groups in total. The predicted octanol–water partition coefficient (Wildman–Crippen LogP) is 2.85. The van der Waals surface area contributed by atoms with E-state index in [4.69, 9.17) is 9.47 Å². The Balaban J connectivity index is 1.22. The first-order valence-corrected chi connectivity index (χ1v) is 10.4. The number of amides is 1. The van der Waals surface area contributed by atoms with Gasteiger partial charge >= 0.3 is 0 Å². The Morgan fingerprint density at radius 2 is 2.06 bits per heavy atom. The lowest BCUT2D eigenvalue weighted by atomic mass is 10.1. The van der Waals surface area contributed by atoms with Gasteiger partial charge in [-0.25, -0.2) is 9.37 Å². The van der Waals surface area contributed by atoms with E-state index in [1.165, 1.54) is 17.2 Å². The Hall–Kier alpha value is -3.75. The third-order valence-electron chi connectivity index (χ3n) is 5.68. The number of nitrogens with zero attached hydrogens (tertiary/aromatic N) is 4. The minimum Gasteiger partial charge on any atom is -0.479 e. The van der Waals surface area contributed by atoms with Crippen LogP contribution >= 0.6 is 0 Å². The Labute approximate surface area is 183 Å². The molecule has 3 heterocycles. The molecule has 1 saturated heterocycles. The number of Topliss-reactive ketones (excluding diaryl/α,β-unsaturated/α-hetero) is 1. The van der Waals surface area contributed by atoms with E-state index in [2.05, 4.69) is 10.1 Å². The summed E-state index contributed by atoms with van der Waals surface area (Å²) in [6.07, 6.45) is 5.55. The van der Waals surface area contributed by atoms with Gasteiger partial charge in [-0.3, -0.25) is 14.3 Å². The van der Waals surface area contributed by atoms with Crippen molar-refractivity contribution < 1.29 is 23.5 Å². The number of carbonyl (C=O) groups is 2. The molecular formula is C23H21FN4O4. The zero-order valence-corrected chi connectivity index (χ0v) is 17.5. The Morgan fingerprint density at radius 3 is 2.81 bits per heavy atom. The second-order valence-electron chi connectivity index (χ2n) is 7.90. The van der Waals surface area contributed by atoms with Crippen LogP contribution in [-0.2, 0) is 24.9 Å². The number of anilines is 1. The van der Waals surface area contributed by atoms with E-state index in [9.17, 15) is 14.0 Å². The lowest BCUT2D eigenvalue weighted by molar-refractivity contribution is -0.122. The highest BCUT2D eigenvalue weighted by Crippen LogP contribution is 2.32. The van der Waals surface area contributed by atoms with Gasteiger partial charge in [0.2, 0.25) is 5.88 Å². The zero-order valence-electron chi connectivity index (χ0n) is 17.5. The number of benzene rings is 1. The first-order chi connectivity index (χ1) is 15.5. The molecule has 1 amide bonds. The van der Waals surface area contributed by atoms with Crippen LogP contribution in [0.3, 0.4) is 0 Å².